The largest absolute Gasteiger partial charge is 0.480 e. The van der Waals surface area contributed by atoms with Crippen LogP contribution < -0.4 is 0 Å². The molecule has 1 heterocycles. The number of carbonyl (C=O) groups is 2. The fourth-order valence-corrected chi connectivity index (χ4v) is 1.91. The second-order valence-electron chi connectivity index (χ2n) is 3.89. The van der Waals surface area contributed by atoms with Gasteiger partial charge in [0.25, 0.3) is 0 Å². The average Bonchev–Trinajstić information content (AvgIpc) is 2.55. The molecular formula is C11H17NO3. The van der Waals surface area contributed by atoms with Crippen molar-refractivity contribution in [2.24, 2.45) is 5.92 Å². The third kappa shape index (κ3) is 2.58. The lowest BCUT2D eigenvalue weighted by Crippen LogP contribution is -2.42. The van der Waals surface area contributed by atoms with Crippen molar-refractivity contribution in [1.82, 2.24) is 4.90 Å². The number of rotatable bonds is 5. The van der Waals surface area contributed by atoms with E-state index in [2.05, 4.69) is 6.58 Å². The molecule has 1 amide bonds. The second kappa shape index (κ2) is 4.96. The van der Waals surface area contributed by atoms with Crippen molar-refractivity contribution in [3.05, 3.63) is 12.7 Å². The van der Waals surface area contributed by atoms with Crippen molar-refractivity contribution >= 4 is 11.9 Å². The van der Waals surface area contributed by atoms with Gasteiger partial charge in [-0.25, -0.2) is 4.79 Å². The van der Waals surface area contributed by atoms with Gasteiger partial charge in [-0.05, 0) is 6.42 Å². The van der Waals surface area contributed by atoms with E-state index in [1.54, 1.807) is 6.08 Å². The molecule has 0 saturated carbocycles. The van der Waals surface area contributed by atoms with Crippen LogP contribution in [0.25, 0.3) is 0 Å². The van der Waals surface area contributed by atoms with E-state index in [9.17, 15) is 9.59 Å². The third-order valence-corrected chi connectivity index (χ3v) is 2.75. The minimum Gasteiger partial charge on any atom is -0.480 e. The van der Waals surface area contributed by atoms with Gasteiger partial charge in [0.15, 0.2) is 0 Å². The van der Waals surface area contributed by atoms with Crippen LogP contribution in [0.3, 0.4) is 0 Å². The predicted molar refractivity (Wildman–Crippen MR) is 56.3 cm³/mol. The van der Waals surface area contributed by atoms with E-state index in [0.29, 0.717) is 19.4 Å². The van der Waals surface area contributed by atoms with Crippen LogP contribution in [-0.4, -0.2) is 34.5 Å². The first-order valence-electron chi connectivity index (χ1n) is 5.25. The van der Waals surface area contributed by atoms with Gasteiger partial charge in [0.05, 0.1) is 0 Å². The lowest BCUT2D eigenvalue weighted by atomic mass is 10.1. The van der Waals surface area contributed by atoms with Crippen LogP contribution in [-0.2, 0) is 9.59 Å². The minimum absolute atomic E-state index is 0.0687. The summed E-state index contributed by atoms with van der Waals surface area (Å²) in [4.78, 5) is 24.0. The van der Waals surface area contributed by atoms with E-state index in [1.807, 2.05) is 6.92 Å². The Kier molecular flexibility index (Phi) is 3.88. The number of amides is 1. The van der Waals surface area contributed by atoms with Crippen LogP contribution in [0.1, 0.15) is 26.2 Å². The highest BCUT2D eigenvalue weighted by molar-refractivity contribution is 5.85. The fourth-order valence-electron chi connectivity index (χ4n) is 1.91. The van der Waals surface area contributed by atoms with Gasteiger partial charge in [-0.15, -0.1) is 6.58 Å². The third-order valence-electron chi connectivity index (χ3n) is 2.75. The van der Waals surface area contributed by atoms with Gasteiger partial charge in [-0.1, -0.05) is 19.4 Å². The summed E-state index contributed by atoms with van der Waals surface area (Å²) in [5.74, 6) is -0.869. The van der Waals surface area contributed by atoms with Crippen LogP contribution in [0.5, 0.6) is 0 Å². The molecule has 0 bridgehead atoms. The number of hydrogen-bond acceptors (Lipinski definition) is 2. The van der Waals surface area contributed by atoms with E-state index < -0.39 is 12.0 Å². The minimum atomic E-state index is -0.907. The molecule has 0 radical (unpaired) electrons. The van der Waals surface area contributed by atoms with Gasteiger partial charge >= 0.3 is 5.97 Å². The van der Waals surface area contributed by atoms with Gasteiger partial charge in [-0.3, -0.25) is 4.79 Å². The number of carboxylic acid groups (broad SMARTS) is 1. The Labute approximate surface area is 89.6 Å². The number of likely N-dealkylation sites (tertiary alicyclic amines) is 1. The molecule has 0 aliphatic carbocycles. The SMILES string of the molecule is C=CC1CC(=O)N([C@@H](CCC)C(=O)O)C1. The first-order valence-corrected chi connectivity index (χ1v) is 5.25. The van der Waals surface area contributed by atoms with Gasteiger partial charge in [0, 0.05) is 18.9 Å². The molecule has 0 aromatic heterocycles. The van der Waals surface area contributed by atoms with Crippen molar-refractivity contribution in [3.8, 4) is 0 Å². The zero-order valence-electron chi connectivity index (χ0n) is 8.98. The molecule has 1 unspecified atom stereocenters. The lowest BCUT2D eigenvalue weighted by Gasteiger charge is -2.23. The molecule has 1 N–H and O–H groups in total. The Morgan fingerprint density at radius 3 is 2.87 bits per heavy atom. The quantitative estimate of drug-likeness (QED) is 0.697. The number of aliphatic carboxylic acids is 1. The lowest BCUT2D eigenvalue weighted by molar-refractivity contribution is -0.148. The van der Waals surface area contributed by atoms with E-state index in [-0.39, 0.29) is 11.8 Å². The Hall–Kier alpha value is -1.32. The van der Waals surface area contributed by atoms with Gasteiger partial charge in [0.1, 0.15) is 6.04 Å². The van der Waals surface area contributed by atoms with Crippen LogP contribution in [0.2, 0.25) is 0 Å². The Morgan fingerprint density at radius 1 is 1.80 bits per heavy atom. The highest BCUT2D eigenvalue weighted by Crippen LogP contribution is 2.22. The van der Waals surface area contributed by atoms with Crippen molar-refractivity contribution in [1.29, 1.82) is 0 Å². The van der Waals surface area contributed by atoms with E-state index >= 15 is 0 Å². The standard InChI is InChI=1S/C11H17NO3/c1-3-5-9(11(14)15)12-7-8(4-2)6-10(12)13/h4,8-9H,2-3,5-7H2,1H3,(H,14,15)/t8?,9-/m0/s1. The van der Waals surface area contributed by atoms with Crippen molar-refractivity contribution < 1.29 is 14.7 Å². The summed E-state index contributed by atoms with van der Waals surface area (Å²) in [7, 11) is 0. The summed E-state index contributed by atoms with van der Waals surface area (Å²) in [6.45, 7) is 6.05. The van der Waals surface area contributed by atoms with Gasteiger partial charge < -0.3 is 10.0 Å². The fraction of sp³-hybridized carbons (Fsp3) is 0.636. The maximum atomic E-state index is 11.6. The van der Waals surface area contributed by atoms with Crippen molar-refractivity contribution in [3.63, 3.8) is 0 Å². The van der Waals surface area contributed by atoms with Crippen LogP contribution in [0.15, 0.2) is 12.7 Å². The normalized spacial score (nSPS) is 22.9. The Bertz CT molecular complexity index is 275. The number of carbonyl (C=O) groups excluding carboxylic acids is 1. The smallest absolute Gasteiger partial charge is 0.326 e. The summed E-state index contributed by atoms with van der Waals surface area (Å²) in [6, 6.07) is -0.660. The Balaban J connectivity index is 2.72. The first-order chi connectivity index (χ1) is 7.10. The monoisotopic (exact) mass is 211 g/mol. The molecule has 1 saturated heterocycles. The average molecular weight is 211 g/mol. The molecule has 0 aromatic carbocycles. The topological polar surface area (TPSA) is 57.6 Å². The summed E-state index contributed by atoms with van der Waals surface area (Å²) in [5.41, 5.74) is 0. The molecule has 1 aliphatic rings. The molecule has 0 aromatic rings. The maximum Gasteiger partial charge on any atom is 0.326 e. The van der Waals surface area contributed by atoms with Gasteiger partial charge in [0.2, 0.25) is 5.91 Å². The summed E-state index contributed by atoms with van der Waals surface area (Å²) < 4.78 is 0. The van der Waals surface area contributed by atoms with Crippen LogP contribution in [0, 0.1) is 5.92 Å². The molecule has 0 spiro atoms. The van der Waals surface area contributed by atoms with Crippen molar-refractivity contribution in [2.45, 2.75) is 32.2 Å². The molecule has 2 atom stereocenters. The van der Waals surface area contributed by atoms with Gasteiger partial charge in [-0.2, -0.15) is 0 Å². The zero-order chi connectivity index (χ0) is 11.4. The summed E-state index contributed by atoms with van der Waals surface area (Å²) in [5, 5.41) is 9.02. The van der Waals surface area contributed by atoms with E-state index in [4.69, 9.17) is 5.11 Å². The first kappa shape index (κ1) is 11.8. The van der Waals surface area contributed by atoms with Crippen molar-refractivity contribution in [2.75, 3.05) is 6.54 Å². The Morgan fingerprint density at radius 2 is 2.47 bits per heavy atom. The second-order valence-corrected chi connectivity index (χ2v) is 3.89. The van der Waals surface area contributed by atoms with E-state index in [0.717, 1.165) is 6.42 Å². The maximum absolute atomic E-state index is 11.6. The highest BCUT2D eigenvalue weighted by Gasteiger charge is 2.35. The van der Waals surface area contributed by atoms with E-state index in [1.165, 1.54) is 4.90 Å². The summed E-state index contributed by atoms with van der Waals surface area (Å²) in [6.07, 6.45) is 3.41. The molecule has 1 rings (SSSR count). The summed E-state index contributed by atoms with van der Waals surface area (Å²) >= 11 is 0. The molecule has 1 aliphatic heterocycles. The number of carboxylic acids is 1. The molecule has 4 nitrogen and oxygen atoms in total. The van der Waals surface area contributed by atoms with Crippen LogP contribution >= 0.6 is 0 Å². The van der Waals surface area contributed by atoms with Crippen LogP contribution in [0.4, 0.5) is 0 Å². The molecular weight excluding hydrogens is 194 g/mol. The predicted octanol–water partition coefficient (Wildman–Crippen LogP) is 1.27. The number of nitrogens with zero attached hydrogens (tertiary/aromatic N) is 1. The highest BCUT2D eigenvalue weighted by atomic mass is 16.4. The number of hydrogen-bond donors (Lipinski definition) is 1. The molecule has 84 valence electrons. The molecule has 15 heavy (non-hydrogen) atoms. The molecule has 1 fully saturated rings. The zero-order valence-corrected chi connectivity index (χ0v) is 8.98. The molecule has 4 heteroatoms.